The maximum absolute atomic E-state index is 12.8. The van der Waals surface area contributed by atoms with E-state index in [1.54, 1.807) is 35.8 Å². The van der Waals surface area contributed by atoms with Crippen LogP contribution in [-0.2, 0) is 12.8 Å². The van der Waals surface area contributed by atoms with Gasteiger partial charge in [-0.2, -0.15) is 5.26 Å². The van der Waals surface area contributed by atoms with E-state index in [1.165, 1.54) is 9.56 Å². The molecule has 0 bridgehead atoms. The molecule has 26 heavy (non-hydrogen) atoms. The standard InChI is InChI=1S/C19H15ClN4OS/c1-11-16(19(25)24(23-11)13-5-2-4-12(20)8-13)10-22-18-15(9-21)14-6-3-7-17(14)26-18/h2,4-5,8,10,23H,3,6-7H2,1H3/b22-10+. The average molecular weight is 383 g/mol. The summed E-state index contributed by atoms with van der Waals surface area (Å²) in [7, 11) is 0. The number of aromatic amines is 1. The van der Waals surface area contributed by atoms with Gasteiger partial charge in [-0.1, -0.05) is 17.7 Å². The fourth-order valence-electron chi connectivity index (χ4n) is 3.23. The van der Waals surface area contributed by atoms with E-state index in [0.29, 0.717) is 32.5 Å². The summed E-state index contributed by atoms with van der Waals surface area (Å²) in [4.78, 5) is 18.5. The summed E-state index contributed by atoms with van der Waals surface area (Å²) in [6.45, 7) is 1.82. The molecule has 0 fully saturated rings. The molecule has 2 aromatic heterocycles. The molecule has 1 N–H and O–H groups in total. The van der Waals surface area contributed by atoms with Crippen molar-refractivity contribution in [1.82, 2.24) is 9.78 Å². The van der Waals surface area contributed by atoms with Crippen LogP contribution in [0, 0.1) is 18.3 Å². The summed E-state index contributed by atoms with van der Waals surface area (Å²) in [6, 6.07) is 9.35. The number of nitrogens with one attached hydrogen (secondary N) is 1. The van der Waals surface area contributed by atoms with Gasteiger partial charge in [0.25, 0.3) is 5.56 Å². The fourth-order valence-corrected chi connectivity index (χ4v) is 4.60. The second kappa shape index (κ2) is 6.60. The van der Waals surface area contributed by atoms with Gasteiger partial charge in [-0.15, -0.1) is 11.3 Å². The van der Waals surface area contributed by atoms with E-state index in [-0.39, 0.29) is 5.56 Å². The van der Waals surface area contributed by atoms with Crippen molar-refractivity contribution in [2.45, 2.75) is 26.2 Å². The Hall–Kier alpha value is -2.62. The average Bonchev–Trinajstić information content (AvgIpc) is 3.27. The Kier molecular flexibility index (Phi) is 4.27. The van der Waals surface area contributed by atoms with Crippen LogP contribution in [-0.4, -0.2) is 16.0 Å². The molecule has 0 saturated heterocycles. The number of aryl methyl sites for hydroxylation is 2. The highest BCUT2D eigenvalue weighted by atomic mass is 35.5. The molecule has 0 atom stereocenters. The van der Waals surface area contributed by atoms with Crippen molar-refractivity contribution < 1.29 is 0 Å². The maximum atomic E-state index is 12.8. The quantitative estimate of drug-likeness (QED) is 0.686. The molecule has 2 heterocycles. The van der Waals surface area contributed by atoms with Crippen molar-refractivity contribution in [1.29, 1.82) is 5.26 Å². The van der Waals surface area contributed by atoms with Gasteiger partial charge in [0.05, 0.1) is 16.8 Å². The Morgan fingerprint density at radius 2 is 2.27 bits per heavy atom. The molecule has 0 saturated carbocycles. The minimum absolute atomic E-state index is 0.198. The van der Waals surface area contributed by atoms with Crippen molar-refractivity contribution >= 4 is 34.2 Å². The molecule has 0 spiro atoms. The lowest BCUT2D eigenvalue weighted by Gasteiger charge is -2.01. The molecule has 0 radical (unpaired) electrons. The SMILES string of the molecule is Cc1[nH]n(-c2cccc(Cl)c2)c(=O)c1/C=N/c1sc2c(c1C#N)CCC2. The molecule has 0 aliphatic heterocycles. The summed E-state index contributed by atoms with van der Waals surface area (Å²) in [5.41, 5.74) is 3.44. The van der Waals surface area contributed by atoms with Crippen LogP contribution in [0.25, 0.3) is 5.69 Å². The van der Waals surface area contributed by atoms with Crippen molar-refractivity contribution in [3.63, 3.8) is 0 Å². The number of nitrogens with zero attached hydrogens (tertiary/aromatic N) is 3. The minimum atomic E-state index is -0.198. The number of H-pyrrole nitrogens is 1. The second-order valence-electron chi connectivity index (χ2n) is 6.18. The monoisotopic (exact) mass is 382 g/mol. The summed E-state index contributed by atoms with van der Waals surface area (Å²) in [6.07, 6.45) is 4.60. The van der Waals surface area contributed by atoms with Crippen LogP contribution in [0.2, 0.25) is 5.02 Å². The van der Waals surface area contributed by atoms with Gasteiger partial charge in [0.15, 0.2) is 0 Å². The zero-order valence-corrected chi connectivity index (χ0v) is 15.6. The van der Waals surface area contributed by atoms with Gasteiger partial charge in [0.2, 0.25) is 0 Å². The van der Waals surface area contributed by atoms with Crippen LogP contribution >= 0.6 is 22.9 Å². The van der Waals surface area contributed by atoms with E-state index < -0.39 is 0 Å². The van der Waals surface area contributed by atoms with Crippen molar-refractivity contribution in [3.8, 4) is 11.8 Å². The number of aliphatic imine (C=N–C) groups is 1. The molecule has 1 aliphatic rings. The first-order chi connectivity index (χ1) is 12.6. The Bertz CT molecular complexity index is 1130. The van der Waals surface area contributed by atoms with Gasteiger partial charge in [-0.25, -0.2) is 9.67 Å². The zero-order chi connectivity index (χ0) is 18.3. The molecule has 4 rings (SSSR count). The summed E-state index contributed by atoms with van der Waals surface area (Å²) in [5, 5.41) is 13.8. The smallest absolute Gasteiger partial charge is 0.280 e. The van der Waals surface area contributed by atoms with Crippen molar-refractivity contribution in [3.05, 3.63) is 66.9 Å². The molecular weight excluding hydrogens is 368 g/mol. The number of rotatable bonds is 3. The first kappa shape index (κ1) is 16.8. The van der Waals surface area contributed by atoms with Crippen LogP contribution in [0.3, 0.4) is 0 Å². The summed E-state index contributed by atoms with van der Waals surface area (Å²) in [5.74, 6) is 0. The van der Waals surface area contributed by atoms with Gasteiger partial charge in [0, 0.05) is 21.8 Å². The zero-order valence-electron chi connectivity index (χ0n) is 14.0. The molecule has 1 aromatic carbocycles. The number of hydrogen-bond acceptors (Lipinski definition) is 4. The maximum Gasteiger partial charge on any atom is 0.280 e. The molecule has 1 aliphatic carbocycles. The molecule has 7 heteroatoms. The van der Waals surface area contributed by atoms with E-state index in [2.05, 4.69) is 16.2 Å². The number of thiophene rings is 1. The third-order valence-corrected chi connectivity index (χ3v) is 5.94. The van der Waals surface area contributed by atoms with Crippen LogP contribution < -0.4 is 5.56 Å². The van der Waals surface area contributed by atoms with Crippen LogP contribution in [0.4, 0.5) is 5.00 Å². The van der Waals surface area contributed by atoms with E-state index >= 15 is 0 Å². The molecule has 0 unspecified atom stereocenters. The minimum Gasteiger partial charge on any atom is -0.295 e. The van der Waals surface area contributed by atoms with Gasteiger partial charge >= 0.3 is 0 Å². The Balaban J connectivity index is 1.73. The lowest BCUT2D eigenvalue weighted by atomic mass is 10.1. The third-order valence-electron chi connectivity index (χ3n) is 4.51. The summed E-state index contributed by atoms with van der Waals surface area (Å²) >= 11 is 7.57. The number of benzene rings is 1. The highest BCUT2D eigenvalue weighted by Gasteiger charge is 2.21. The molecule has 0 amide bonds. The highest BCUT2D eigenvalue weighted by molar-refractivity contribution is 7.16. The largest absolute Gasteiger partial charge is 0.295 e. The first-order valence-electron chi connectivity index (χ1n) is 8.24. The predicted molar refractivity (Wildman–Crippen MR) is 104 cm³/mol. The van der Waals surface area contributed by atoms with Crippen LogP contribution in [0.5, 0.6) is 0 Å². The number of hydrogen-bond donors (Lipinski definition) is 1. The van der Waals surface area contributed by atoms with Gasteiger partial charge < -0.3 is 0 Å². The lowest BCUT2D eigenvalue weighted by Crippen LogP contribution is -2.17. The first-order valence-corrected chi connectivity index (χ1v) is 9.44. The molecule has 130 valence electrons. The number of halogens is 1. The Morgan fingerprint density at radius 1 is 1.42 bits per heavy atom. The van der Waals surface area contributed by atoms with Gasteiger partial charge in [0.1, 0.15) is 11.1 Å². The number of nitriles is 1. The van der Waals surface area contributed by atoms with Gasteiger partial charge in [-0.05, 0) is 49.9 Å². The third kappa shape index (κ3) is 2.79. The lowest BCUT2D eigenvalue weighted by molar-refractivity contribution is 0.835. The Labute approximate surface area is 159 Å². The number of aromatic nitrogens is 2. The van der Waals surface area contributed by atoms with E-state index in [4.69, 9.17) is 11.6 Å². The van der Waals surface area contributed by atoms with Gasteiger partial charge in [-0.3, -0.25) is 9.89 Å². The van der Waals surface area contributed by atoms with Crippen LogP contribution in [0.1, 0.15) is 33.7 Å². The highest BCUT2D eigenvalue weighted by Crippen LogP contribution is 2.40. The van der Waals surface area contributed by atoms with E-state index in [9.17, 15) is 10.1 Å². The molecule has 5 nitrogen and oxygen atoms in total. The van der Waals surface area contributed by atoms with Crippen molar-refractivity contribution in [2.24, 2.45) is 4.99 Å². The van der Waals surface area contributed by atoms with Crippen molar-refractivity contribution in [2.75, 3.05) is 0 Å². The second-order valence-corrected chi connectivity index (χ2v) is 7.70. The predicted octanol–water partition coefficient (Wildman–Crippen LogP) is 4.30. The molecule has 3 aromatic rings. The fraction of sp³-hybridized carbons (Fsp3) is 0.211. The summed E-state index contributed by atoms with van der Waals surface area (Å²) < 4.78 is 1.45. The van der Waals surface area contributed by atoms with E-state index in [0.717, 1.165) is 24.8 Å². The Morgan fingerprint density at radius 3 is 3.04 bits per heavy atom. The number of fused-ring (bicyclic) bond motifs is 1. The van der Waals surface area contributed by atoms with E-state index in [1.807, 2.05) is 13.0 Å². The topological polar surface area (TPSA) is 73.9 Å². The molecular formula is C19H15ClN4OS. The normalized spacial score (nSPS) is 13.3. The van der Waals surface area contributed by atoms with Crippen LogP contribution in [0.15, 0.2) is 34.1 Å².